The molecule has 2 aromatic carbocycles. The molecule has 6 heteroatoms. The van der Waals surface area contributed by atoms with Gasteiger partial charge in [0.15, 0.2) is 0 Å². The van der Waals surface area contributed by atoms with Gasteiger partial charge >= 0.3 is 0 Å². The molecule has 0 spiro atoms. The Morgan fingerprint density at radius 2 is 2.00 bits per heavy atom. The van der Waals surface area contributed by atoms with E-state index in [1.165, 1.54) is 12.1 Å². The number of allylic oxidation sites excluding steroid dienone is 1. The van der Waals surface area contributed by atoms with E-state index in [-0.39, 0.29) is 17.8 Å². The fourth-order valence-electron chi connectivity index (χ4n) is 3.34. The molecule has 1 unspecified atom stereocenters. The summed E-state index contributed by atoms with van der Waals surface area (Å²) in [5, 5.41) is 3.73. The Balaban J connectivity index is 2.02. The molecule has 158 valence electrons. The minimum absolute atomic E-state index is 0.0978. The van der Waals surface area contributed by atoms with Crippen molar-refractivity contribution in [1.82, 2.24) is 5.32 Å². The minimum atomic E-state index is -0.293. The molecule has 0 aliphatic carbocycles. The molecule has 0 radical (unpaired) electrons. The van der Waals surface area contributed by atoms with Crippen LogP contribution < -0.4 is 10.1 Å². The number of nitrogens with one attached hydrogen (secondary N) is 1. The molecule has 3 aromatic rings. The number of halogens is 1. The Kier molecular flexibility index (Phi) is 6.90. The number of furan rings is 1. The standard InChI is InChI=1S/C24H26FNO4/c1-5-29-22-12-23-20(21(14-30-23)17-6-8-18(25)9-7-17)11-19(22)15(2)10-24(27)26-16(3)13-28-4/h6-12,14,16H,5,13H2,1-4H3,(H,26,27)/b15-10+. The third kappa shape index (κ3) is 4.89. The predicted octanol–water partition coefficient (Wildman–Crippen LogP) is 5.19. The molecule has 0 aliphatic rings. The summed E-state index contributed by atoms with van der Waals surface area (Å²) in [6.45, 7) is 6.56. The van der Waals surface area contributed by atoms with Crippen LogP contribution >= 0.6 is 0 Å². The molecule has 1 heterocycles. The SMILES string of the molecule is CCOc1cc2occ(-c3ccc(F)cc3)c2cc1/C(C)=C/C(=O)NC(C)COC. The van der Waals surface area contributed by atoms with E-state index in [0.717, 1.165) is 27.6 Å². The number of carbonyl (C=O) groups is 1. The van der Waals surface area contributed by atoms with E-state index in [4.69, 9.17) is 13.9 Å². The molecule has 0 saturated heterocycles. The molecule has 30 heavy (non-hydrogen) atoms. The smallest absolute Gasteiger partial charge is 0.244 e. The highest BCUT2D eigenvalue weighted by molar-refractivity contribution is 6.00. The summed E-state index contributed by atoms with van der Waals surface area (Å²) in [5.41, 5.74) is 3.91. The Morgan fingerprint density at radius 3 is 2.67 bits per heavy atom. The zero-order valence-electron chi connectivity index (χ0n) is 17.6. The zero-order chi connectivity index (χ0) is 21.7. The van der Waals surface area contributed by atoms with Gasteiger partial charge in [-0.2, -0.15) is 0 Å². The second-order valence-electron chi connectivity index (χ2n) is 7.13. The fourth-order valence-corrected chi connectivity index (χ4v) is 3.34. The summed E-state index contributed by atoms with van der Waals surface area (Å²) >= 11 is 0. The Bertz CT molecular complexity index is 1050. The lowest BCUT2D eigenvalue weighted by Gasteiger charge is -2.13. The van der Waals surface area contributed by atoms with Crippen molar-refractivity contribution >= 4 is 22.4 Å². The number of ether oxygens (including phenoxy) is 2. The molecule has 0 saturated carbocycles. The molecule has 0 bridgehead atoms. The maximum atomic E-state index is 13.3. The molecule has 1 N–H and O–H groups in total. The van der Waals surface area contributed by atoms with Gasteiger partial charge in [-0.15, -0.1) is 0 Å². The number of amides is 1. The Hall–Kier alpha value is -3.12. The molecule has 3 rings (SSSR count). The molecule has 0 fully saturated rings. The topological polar surface area (TPSA) is 60.7 Å². The van der Waals surface area contributed by atoms with Gasteiger partial charge in [0.2, 0.25) is 5.91 Å². The highest BCUT2D eigenvalue weighted by Crippen LogP contribution is 2.37. The van der Waals surface area contributed by atoms with Crippen LogP contribution in [0, 0.1) is 5.82 Å². The Morgan fingerprint density at radius 1 is 1.27 bits per heavy atom. The monoisotopic (exact) mass is 411 g/mol. The summed E-state index contributed by atoms with van der Waals surface area (Å²) in [4.78, 5) is 12.4. The molecule has 1 atom stereocenters. The first kappa shape index (κ1) is 21.6. The van der Waals surface area contributed by atoms with Crippen LogP contribution in [0.4, 0.5) is 4.39 Å². The summed E-state index contributed by atoms with van der Waals surface area (Å²) < 4.78 is 29.9. The second kappa shape index (κ2) is 9.59. The van der Waals surface area contributed by atoms with E-state index in [0.29, 0.717) is 24.5 Å². The van der Waals surface area contributed by atoms with Crippen molar-refractivity contribution in [3.05, 3.63) is 60.1 Å². The number of rotatable bonds is 8. The van der Waals surface area contributed by atoms with Gasteiger partial charge in [0, 0.05) is 41.8 Å². The van der Waals surface area contributed by atoms with Gasteiger partial charge in [-0.25, -0.2) is 4.39 Å². The lowest BCUT2D eigenvalue weighted by molar-refractivity contribution is -0.117. The quantitative estimate of drug-likeness (QED) is 0.518. The predicted molar refractivity (Wildman–Crippen MR) is 116 cm³/mol. The van der Waals surface area contributed by atoms with Crippen LogP contribution in [0.2, 0.25) is 0 Å². The van der Waals surface area contributed by atoms with E-state index in [9.17, 15) is 9.18 Å². The number of benzene rings is 2. The molecule has 5 nitrogen and oxygen atoms in total. The van der Waals surface area contributed by atoms with Gasteiger partial charge in [-0.1, -0.05) is 12.1 Å². The van der Waals surface area contributed by atoms with Crippen molar-refractivity contribution < 1.29 is 23.1 Å². The van der Waals surface area contributed by atoms with Gasteiger partial charge in [0.05, 0.1) is 19.5 Å². The minimum Gasteiger partial charge on any atom is -0.493 e. The van der Waals surface area contributed by atoms with Gasteiger partial charge < -0.3 is 19.2 Å². The van der Waals surface area contributed by atoms with Crippen LogP contribution in [0.25, 0.3) is 27.7 Å². The number of methoxy groups -OCH3 is 1. The zero-order valence-corrected chi connectivity index (χ0v) is 17.6. The lowest BCUT2D eigenvalue weighted by Crippen LogP contribution is -2.34. The third-order valence-electron chi connectivity index (χ3n) is 4.71. The van der Waals surface area contributed by atoms with Crippen molar-refractivity contribution in [3.8, 4) is 16.9 Å². The molecule has 0 aliphatic heterocycles. The maximum absolute atomic E-state index is 13.3. The van der Waals surface area contributed by atoms with Gasteiger partial charge in [-0.05, 0) is 50.1 Å². The van der Waals surface area contributed by atoms with Crippen molar-refractivity contribution in [2.75, 3.05) is 20.3 Å². The van der Waals surface area contributed by atoms with Crippen LogP contribution in [0.5, 0.6) is 5.75 Å². The average molecular weight is 411 g/mol. The van der Waals surface area contributed by atoms with Crippen molar-refractivity contribution in [2.45, 2.75) is 26.8 Å². The van der Waals surface area contributed by atoms with Gasteiger partial charge in [0.1, 0.15) is 17.1 Å². The molecular formula is C24H26FNO4. The van der Waals surface area contributed by atoms with E-state index in [1.807, 2.05) is 32.9 Å². The highest BCUT2D eigenvalue weighted by Gasteiger charge is 2.16. The summed E-state index contributed by atoms with van der Waals surface area (Å²) in [6.07, 6.45) is 3.20. The number of hydrogen-bond donors (Lipinski definition) is 1. The number of fused-ring (bicyclic) bond motifs is 1. The summed E-state index contributed by atoms with van der Waals surface area (Å²) in [5.74, 6) is 0.139. The highest BCUT2D eigenvalue weighted by atomic mass is 19.1. The lowest BCUT2D eigenvalue weighted by atomic mass is 9.99. The summed E-state index contributed by atoms with van der Waals surface area (Å²) in [7, 11) is 1.59. The van der Waals surface area contributed by atoms with E-state index in [1.54, 1.807) is 31.6 Å². The van der Waals surface area contributed by atoms with Crippen molar-refractivity contribution in [2.24, 2.45) is 0 Å². The van der Waals surface area contributed by atoms with Crippen LogP contribution in [0.3, 0.4) is 0 Å². The second-order valence-corrected chi connectivity index (χ2v) is 7.13. The first-order chi connectivity index (χ1) is 14.4. The number of carbonyl (C=O) groups excluding carboxylic acids is 1. The molecule has 1 aromatic heterocycles. The van der Waals surface area contributed by atoms with E-state index >= 15 is 0 Å². The average Bonchev–Trinajstić information content (AvgIpc) is 3.11. The normalized spacial score (nSPS) is 12.8. The van der Waals surface area contributed by atoms with Crippen LogP contribution in [0.1, 0.15) is 26.3 Å². The largest absolute Gasteiger partial charge is 0.493 e. The molecule has 1 amide bonds. The van der Waals surface area contributed by atoms with Crippen molar-refractivity contribution in [3.63, 3.8) is 0 Å². The van der Waals surface area contributed by atoms with Gasteiger partial charge in [-0.3, -0.25) is 4.79 Å². The Labute approximate surface area is 175 Å². The van der Waals surface area contributed by atoms with Crippen molar-refractivity contribution in [1.29, 1.82) is 0 Å². The van der Waals surface area contributed by atoms with Crippen LogP contribution in [0.15, 0.2) is 53.2 Å². The third-order valence-corrected chi connectivity index (χ3v) is 4.71. The van der Waals surface area contributed by atoms with Gasteiger partial charge in [0.25, 0.3) is 0 Å². The maximum Gasteiger partial charge on any atom is 0.244 e. The van der Waals surface area contributed by atoms with Crippen LogP contribution in [-0.4, -0.2) is 32.3 Å². The number of hydrogen-bond acceptors (Lipinski definition) is 4. The first-order valence-electron chi connectivity index (χ1n) is 9.85. The van der Waals surface area contributed by atoms with Crippen LogP contribution in [-0.2, 0) is 9.53 Å². The molecular weight excluding hydrogens is 385 g/mol. The fraction of sp³-hybridized carbons (Fsp3) is 0.292. The summed E-state index contributed by atoms with van der Waals surface area (Å²) in [6, 6.07) is 9.93. The van der Waals surface area contributed by atoms with E-state index < -0.39 is 0 Å². The first-order valence-corrected chi connectivity index (χ1v) is 9.85. The van der Waals surface area contributed by atoms with E-state index in [2.05, 4.69) is 5.32 Å².